The zero-order valence-electron chi connectivity index (χ0n) is 15.3. The highest BCUT2D eigenvalue weighted by Crippen LogP contribution is 2.30. The first-order valence-electron chi connectivity index (χ1n) is 8.58. The van der Waals surface area contributed by atoms with E-state index in [1.807, 2.05) is 0 Å². The van der Waals surface area contributed by atoms with E-state index in [0.717, 1.165) is 25.1 Å². The van der Waals surface area contributed by atoms with Crippen LogP contribution in [-0.4, -0.2) is 46.9 Å². The van der Waals surface area contributed by atoms with Gasteiger partial charge in [0.05, 0.1) is 37.1 Å². The third kappa shape index (κ3) is 4.81. The van der Waals surface area contributed by atoms with Gasteiger partial charge in [-0.3, -0.25) is 4.72 Å². The molecule has 8 nitrogen and oxygen atoms in total. The molecule has 1 atom stereocenters. The summed E-state index contributed by atoms with van der Waals surface area (Å²) in [5.41, 5.74) is 0.805. The van der Waals surface area contributed by atoms with E-state index in [0.29, 0.717) is 18.0 Å². The van der Waals surface area contributed by atoms with E-state index in [9.17, 15) is 8.42 Å². The summed E-state index contributed by atoms with van der Waals surface area (Å²) in [4.78, 5) is 4.22. The molecule has 2 aromatic rings. The summed E-state index contributed by atoms with van der Waals surface area (Å²) in [6.07, 6.45) is 3.93. The summed E-state index contributed by atoms with van der Waals surface area (Å²) < 4.78 is 43.4. The summed E-state index contributed by atoms with van der Waals surface area (Å²) in [5.74, 6) is 1.02. The van der Waals surface area contributed by atoms with Gasteiger partial charge in [0.1, 0.15) is 5.82 Å². The van der Waals surface area contributed by atoms with Gasteiger partial charge in [-0.05, 0) is 37.1 Å². The number of ether oxygens (including phenoxy) is 3. The van der Waals surface area contributed by atoms with Crippen molar-refractivity contribution >= 4 is 21.5 Å². The molecule has 1 fully saturated rings. The van der Waals surface area contributed by atoms with Crippen LogP contribution in [0.15, 0.2) is 41.4 Å². The van der Waals surface area contributed by atoms with Gasteiger partial charge in [0.15, 0.2) is 11.5 Å². The summed E-state index contributed by atoms with van der Waals surface area (Å²) in [7, 11) is -0.859. The average molecular weight is 393 g/mol. The van der Waals surface area contributed by atoms with E-state index in [2.05, 4.69) is 15.0 Å². The molecule has 3 rings (SSSR count). The first-order chi connectivity index (χ1) is 13.0. The fourth-order valence-electron chi connectivity index (χ4n) is 2.78. The maximum absolute atomic E-state index is 12.6. The van der Waals surface area contributed by atoms with E-state index in [4.69, 9.17) is 14.2 Å². The van der Waals surface area contributed by atoms with Crippen molar-refractivity contribution in [2.24, 2.45) is 0 Å². The third-order valence-corrected chi connectivity index (χ3v) is 5.58. The summed E-state index contributed by atoms with van der Waals surface area (Å²) >= 11 is 0. The molecule has 2 N–H and O–H groups in total. The Hall–Kier alpha value is -2.52. The first kappa shape index (κ1) is 19.2. The SMILES string of the molecule is COc1ccc(S(=O)(=O)Nc2ccc(NCC3CCCO3)cn2)cc1OC. The molecular formula is C18H23N3O5S. The number of rotatable bonds is 8. The molecule has 1 unspecified atom stereocenters. The van der Waals surface area contributed by atoms with Gasteiger partial charge in [0.2, 0.25) is 0 Å². The van der Waals surface area contributed by atoms with E-state index in [1.54, 1.807) is 24.4 Å². The molecule has 1 aromatic carbocycles. The highest BCUT2D eigenvalue weighted by Gasteiger charge is 2.18. The topological polar surface area (TPSA) is 98.8 Å². The average Bonchev–Trinajstić information content (AvgIpc) is 3.20. The minimum absolute atomic E-state index is 0.0579. The van der Waals surface area contributed by atoms with Crippen LogP contribution in [0.2, 0.25) is 0 Å². The second-order valence-electron chi connectivity index (χ2n) is 6.07. The van der Waals surface area contributed by atoms with E-state index in [-0.39, 0.29) is 16.8 Å². The lowest BCUT2D eigenvalue weighted by Gasteiger charge is -2.13. The number of hydrogen-bond donors (Lipinski definition) is 2. The summed E-state index contributed by atoms with van der Waals surface area (Å²) in [6, 6.07) is 7.77. The summed E-state index contributed by atoms with van der Waals surface area (Å²) in [6.45, 7) is 1.51. The molecule has 0 bridgehead atoms. The van der Waals surface area contributed by atoms with Crippen LogP contribution < -0.4 is 19.5 Å². The number of sulfonamides is 1. The molecule has 1 aliphatic heterocycles. The largest absolute Gasteiger partial charge is 0.493 e. The van der Waals surface area contributed by atoms with Crippen molar-refractivity contribution in [3.8, 4) is 11.5 Å². The normalized spacial score (nSPS) is 16.7. The van der Waals surface area contributed by atoms with Gasteiger partial charge in [-0.25, -0.2) is 13.4 Å². The van der Waals surface area contributed by atoms with Crippen molar-refractivity contribution in [2.75, 3.05) is 37.4 Å². The quantitative estimate of drug-likeness (QED) is 0.711. The number of pyridine rings is 1. The fraction of sp³-hybridized carbons (Fsp3) is 0.389. The molecule has 0 aliphatic carbocycles. The maximum atomic E-state index is 12.6. The van der Waals surface area contributed by atoms with Crippen LogP contribution in [0.3, 0.4) is 0 Å². The van der Waals surface area contributed by atoms with Gasteiger partial charge in [-0.15, -0.1) is 0 Å². The molecule has 1 saturated heterocycles. The van der Waals surface area contributed by atoms with Crippen molar-refractivity contribution in [3.05, 3.63) is 36.5 Å². The Morgan fingerprint density at radius 2 is 2.00 bits per heavy atom. The Bertz CT molecular complexity index is 865. The zero-order valence-corrected chi connectivity index (χ0v) is 16.1. The number of methoxy groups -OCH3 is 2. The first-order valence-corrected chi connectivity index (χ1v) is 10.1. The molecular weight excluding hydrogens is 370 g/mol. The smallest absolute Gasteiger partial charge is 0.263 e. The number of anilines is 2. The number of aromatic nitrogens is 1. The molecule has 2 heterocycles. The van der Waals surface area contributed by atoms with Crippen LogP contribution >= 0.6 is 0 Å². The van der Waals surface area contributed by atoms with Gasteiger partial charge >= 0.3 is 0 Å². The lowest BCUT2D eigenvalue weighted by molar-refractivity contribution is 0.120. The Labute approximate surface area is 158 Å². The highest BCUT2D eigenvalue weighted by molar-refractivity contribution is 7.92. The molecule has 9 heteroatoms. The molecule has 1 aromatic heterocycles. The predicted molar refractivity (Wildman–Crippen MR) is 102 cm³/mol. The number of benzene rings is 1. The number of hydrogen-bond acceptors (Lipinski definition) is 7. The molecule has 0 saturated carbocycles. The van der Waals surface area contributed by atoms with Gasteiger partial charge in [0.25, 0.3) is 10.0 Å². The standard InChI is InChI=1S/C18H23N3O5S/c1-24-16-7-6-15(10-17(16)25-2)27(22,23)21-18-8-5-13(11-20-18)19-12-14-4-3-9-26-14/h5-8,10-11,14,19H,3-4,9,12H2,1-2H3,(H,20,21). The van der Waals surface area contributed by atoms with E-state index < -0.39 is 10.0 Å². The Morgan fingerprint density at radius 3 is 2.63 bits per heavy atom. The van der Waals surface area contributed by atoms with Crippen molar-refractivity contribution in [1.82, 2.24) is 4.98 Å². The van der Waals surface area contributed by atoms with Crippen LogP contribution in [0.4, 0.5) is 11.5 Å². The van der Waals surface area contributed by atoms with E-state index >= 15 is 0 Å². The lowest BCUT2D eigenvalue weighted by atomic mass is 10.2. The second kappa shape index (κ2) is 8.45. The van der Waals surface area contributed by atoms with Gasteiger partial charge in [-0.1, -0.05) is 0 Å². The van der Waals surface area contributed by atoms with Crippen LogP contribution in [0.25, 0.3) is 0 Å². The van der Waals surface area contributed by atoms with Crippen LogP contribution in [0.1, 0.15) is 12.8 Å². The van der Waals surface area contributed by atoms with Crippen LogP contribution in [0, 0.1) is 0 Å². The van der Waals surface area contributed by atoms with Gasteiger partial charge in [-0.2, -0.15) is 0 Å². The Kier molecular flexibility index (Phi) is 6.02. The minimum atomic E-state index is -3.80. The van der Waals surface area contributed by atoms with Crippen molar-refractivity contribution < 1.29 is 22.6 Å². The molecule has 0 amide bonds. The van der Waals surface area contributed by atoms with Gasteiger partial charge in [0, 0.05) is 19.2 Å². The Morgan fingerprint density at radius 1 is 1.19 bits per heavy atom. The highest BCUT2D eigenvalue weighted by atomic mass is 32.2. The Balaban J connectivity index is 1.66. The van der Waals surface area contributed by atoms with Gasteiger partial charge < -0.3 is 19.5 Å². The monoisotopic (exact) mass is 393 g/mol. The minimum Gasteiger partial charge on any atom is -0.493 e. The van der Waals surface area contributed by atoms with Crippen LogP contribution in [0.5, 0.6) is 11.5 Å². The maximum Gasteiger partial charge on any atom is 0.263 e. The second-order valence-corrected chi connectivity index (χ2v) is 7.75. The van der Waals surface area contributed by atoms with Crippen LogP contribution in [-0.2, 0) is 14.8 Å². The van der Waals surface area contributed by atoms with Crippen molar-refractivity contribution in [3.63, 3.8) is 0 Å². The molecule has 0 spiro atoms. The predicted octanol–water partition coefficient (Wildman–Crippen LogP) is 2.49. The zero-order chi connectivity index (χ0) is 19.3. The third-order valence-electron chi connectivity index (χ3n) is 4.23. The number of nitrogens with one attached hydrogen (secondary N) is 2. The molecule has 27 heavy (non-hydrogen) atoms. The van der Waals surface area contributed by atoms with E-state index in [1.165, 1.54) is 26.4 Å². The number of nitrogens with zero attached hydrogens (tertiary/aromatic N) is 1. The molecule has 0 radical (unpaired) electrons. The van der Waals surface area contributed by atoms with Crippen molar-refractivity contribution in [2.45, 2.75) is 23.8 Å². The summed E-state index contributed by atoms with van der Waals surface area (Å²) in [5, 5.41) is 3.24. The lowest BCUT2D eigenvalue weighted by Crippen LogP contribution is -2.18. The van der Waals surface area contributed by atoms with Crippen molar-refractivity contribution in [1.29, 1.82) is 0 Å². The molecule has 1 aliphatic rings. The molecule has 146 valence electrons. The fourth-order valence-corrected chi connectivity index (χ4v) is 3.80.